The summed E-state index contributed by atoms with van der Waals surface area (Å²) >= 11 is 0. The van der Waals surface area contributed by atoms with Crippen molar-refractivity contribution < 1.29 is 20.1 Å². The van der Waals surface area contributed by atoms with Crippen molar-refractivity contribution in [2.45, 2.75) is 76.7 Å². The molecular formula is C17H29IrN-2. The van der Waals surface area contributed by atoms with Crippen LogP contribution in [0, 0.1) is 24.2 Å². The molecule has 3 atom stereocenters. The molecule has 1 aliphatic heterocycles. The molecule has 0 spiro atoms. The number of piperidine rings is 1. The first-order valence-electron chi connectivity index (χ1n) is 8.45. The summed E-state index contributed by atoms with van der Waals surface area (Å²) < 4.78 is 0. The van der Waals surface area contributed by atoms with Crippen molar-refractivity contribution in [1.29, 1.82) is 0 Å². The minimum Gasteiger partial charge on any atom is -0.661 e. The summed E-state index contributed by atoms with van der Waals surface area (Å²) in [7, 11) is 0. The van der Waals surface area contributed by atoms with Crippen LogP contribution < -0.4 is 0 Å². The molecule has 2 heteroatoms. The fourth-order valence-corrected chi connectivity index (χ4v) is 4.71. The minimum atomic E-state index is 0. The molecule has 1 heterocycles. The molecule has 1 nitrogen and oxygen atoms in total. The first-order chi connectivity index (χ1) is 8.95. The molecule has 0 amide bonds. The summed E-state index contributed by atoms with van der Waals surface area (Å²) in [6.07, 6.45) is 18.6. The van der Waals surface area contributed by atoms with Crippen LogP contribution in [0.25, 0.3) is 5.32 Å². The molecule has 0 aromatic rings. The summed E-state index contributed by atoms with van der Waals surface area (Å²) in [5.74, 6) is 2.88. The molecule has 1 radical (unpaired) electrons. The van der Waals surface area contributed by atoms with E-state index in [-0.39, 0.29) is 20.1 Å². The maximum Gasteiger partial charge on any atom is 0 e. The smallest absolute Gasteiger partial charge is 0 e. The monoisotopic (exact) mass is 440 g/mol. The second kappa shape index (κ2) is 8.15. The molecule has 1 saturated heterocycles. The molecule has 3 aliphatic rings. The third-order valence-corrected chi connectivity index (χ3v) is 5.65. The number of hydrogen-bond donors (Lipinski definition) is 0. The van der Waals surface area contributed by atoms with Gasteiger partial charge in [0.2, 0.25) is 0 Å². The van der Waals surface area contributed by atoms with Crippen molar-refractivity contribution in [1.82, 2.24) is 0 Å². The summed E-state index contributed by atoms with van der Waals surface area (Å²) in [6.45, 7) is 1.15. The van der Waals surface area contributed by atoms with Crippen molar-refractivity contribution in [3.05, 3.63) is 11.7 Å². The molecule has 0 aromatic carbocycles. The zero-order valence-corrected chi connectivity index (χ0v) is 14.5. The van der Waals surface area contributed by atoms with Gasteiger partial charge in [0.25, 0.3) is 0 Å². The maximum atomic E-state index is 4.97. The number of nitrogens with zero attached hydrogens (tertiary/aromatic N) is 1. The Bertz CT molecular complexity index is 218. The molecule has 2 aliphatic carbocycles. The van der Waals surface area contributed by atoms with Gasteiger partial charge in [0.15, 0.2) is 0 Å². The van der Waals surface area contributed by atoms with E-state index in [0.29, 0.717) is 6.04 Å². The largest absolute Gasteiger partial charge is 0.661 e. The van der Waals surface area contributed by atoms with E-state index in [9.17, 15) is 0 Å². The van der Waals surface area contributed by atoms with Crippen LogP contribution in [0.2, 0.25) is 0 Å². The van der Waals surface area contributed by atoms with Gasteiger partial charge in [-0.25, -0.2) is 0 Å². The van der Waals surface area contributed by atoms with Gasteiger partial charge < -0.3 is 11.7 Å². The number of hydrogen-bond acceptors (Lipinski definition) is 0. The van der Waals surface area contributed by atoms with E-state index in [1.165, 1.54) is 70.6 Å². The summed E-state index contributed by atoms with van der Waals surface area (Å²) in [6, 6.07) is 0.700. The molecule has 3 fully saturated rings. The van der Waals surface area contributed by atoms with Crippen molar-refractivity contribution >= 4 is 0 Å². The average Bonchev–Trinajstić information content (AvgIpc) is 2.49. The van der Waals surface area contributed by atoms with Crippen molar-refractivity contribution in [2.24, 2.45) is 17.8 Å². The zero-order chi connectivity index (χ0) is 12.2. The number of rotatable bonds is 2. The van der Waals surface area contributed by atoms with E-state index >= 15 is 0 Å². The quantitative estimate of drug-likeness (QED) is 0.531. The predicted octanol–water partition coefficient (Wildman–Crippen LogP) is 5.11. The maximum absolute atomic E-state index is 4.97. The van der Waals surface area contributed by atoms with Gasteiger partial charge in [-0.1, -0.05) is 70.1 Å². The van der Waals surface area contributed by atoms with Gasteiger partial charge in [-0.2, -0.15) is 18.4 Å². The molecule has 0 aromatic heterocycles. The Kier molecular flexibility index (Phi) is 6.86. The Labute approximate surface area is 133 Å². The van der Waals surface area contributed by atoms with Gasteiger partial charge in [0.05, 0.1) is 0 Å². The van der Waals surface area contributed by atoms with Crippen LogP contribution in [0.5, 0.6) is 0 Å². The van der Waals surface area contributed by atoms with Crippen LogP contribution >= 0.6 is 0 Å². The summed E-state index contributed by atoms with van der Waals surface area (Å²) in [5.41, 5.74) is 0. The second-order valence-electron chi connectivity index (χ2n) is 6.78. The first kappa shape index (κ1) is 16.0. The normalized spacial score (nSPS) is 37.6. The van der Waals surface area contributed by atoms with Gasteiger partial charge in [0.1, 0.15) is 0 Å². The van der Waals surface area contributed by atoms with E-state index in [1.807, 2.05) is 0 Å². The van der Waals surface area contributed by atoms with E-state index in [0.717, 1.165) is 24.3 Å². The molecule has 0 N–H and O–H groups in total. The SMILES string of the molecule is [CH-]1CCCC(C2CCCCC2)C1C1CCCC[N-]1.[Ir]. The third kappa shape index (κ3) is 4.05. The van der Waals surface area contributed by atoms with Crippen molar-refractivity contribution in [3.8, 4) is 0 Å². The second-order valence-corrected chi connectivity index (χ2v) is 6.78. The Balaban J connectivity index is 0.00000133. The van der Waals surface area contributed by atoms with Crippen LogP contribution in [-0.2, 0) is 20.1 Å². The minimum absolute atomic E-state index is 0. The first-order valence-corrected chi connectivity index (χ1v) is 8.45. The zero-order valence-electron chi connectivity index (χ0n) is 12.2. The van der Waals surface area contributed by atoms with Crippen molar-refractivity contribution in [3.63, 3.8) is 0 Å². The van der Waals surface area contributed by atoms with Crippen LogP contribution in [-0.4, -0.2) is 12.6 Å². The fraction of sp³-hybridized carbons (Fsp3) is 0.941. The molecule has 3 rings (SSSR count). The topological polar surface area (TPSA) is 14.1 Å². The van der Waals surface area contributed by atoms with Crippen LogP contribution in [0.1, 0.15) is 70.6 Å². The molecule has 3 unspecified atom stereocenters. The van der Waals surface area contributed by atoms with Crippen LogP contribution in [0.4, 0.5) is 0 Å². The van der Waals surface area contributed by atoms with Gasteiger partial charge >= 0.3 is 0 Å². The predicted molar refractivity (Wildman–Crippen MR) is 77.6 cm³/mol. The molecule has 113 valence electrons. The van der Waals surface area contributed by atoms with Gasteiger partial charge in [-0.05, 0) is 5.92 Å². The van der Waals surface area contributed by atoms with E-state index < -0.39 is 0 Å². The molecule has 19 heavy (non-hydrogen) atoms. The summed E-state index contributed by atoms with van der Waals surface area (Å²) in [5, 5.41) is 4.97. The Hall–Kier alpha value is 0.609. The van der Waals surface area contributed by atoms with Crippen molar-refractivity contribution in [2.75, 3.05) is 6.54 Å². The molecule has 0 bridgehead atoms. The summed E-state index contributed by atoms with van der Waals surface area (Å²) in [4.78, 5) is 0. The van der Waals surface area contributed by atoms with E-state index in [2.05, 4.69) is 6.42 Å². The van der Waals surface area contributed by atoms with Gasteiger partial charge in [-0.15, -0.1) is 6.54 Å². The van der Waals surface area contributed by atoms with Crippen LogP contribution in [0.15, 0.2) is 0 Å². The molecular weight excluding hydrogens is 410 g/mol. The Morgan fingerprint density at radius 2 is 1.58 bits per heavy atom. The fourth-order valence-electron chi connectivity index (χ4n) is 4.71. The Morgan fingerprint density at radius 3 is 2.32 bits per heavy atom. The van der Waals surface area contributed by atoms with E-state index in [1.54, 1.807) is 0 Å². The van der Waals surface area contributed by atoms with Gasteiger partial charge in [0, 0.05) is 20.1 Å². The third-order valence-electron chi connectivity index (χ3n) is 5.65. The average molecular weight is 440 g/mol. The molecule has 2 saturated carbocycles. The van der Waals surface area contributed by atoms with Crippen LogP contribution in [0.3, 0.4) is 0 Å². The van der Waals surface area contributed by atoms with Gasteiger partial charge in [-0.3, -0.25) is 0 Å². The Morgan fingerprint density at radius 1 is 0.789 bits per heavy atom. The standard InChI is InChI=1S/C17H29N.Ir/c1-2-8-14(9-3-1)15-10-4-5-11-16(15)17-12-6-7-13-18-17;/h11,14-17H,1-10,12-13H2;/q-2;. The van der Waals surface area contributed by atoms with E-state index in [4.69, 9.17) is 5.32 Å².